The zero-order chi connectivity index (χ0) is 12.0. The Morgan fingerprint density at radius 2 is 2.19 bits per heavy atom. The molecule has 0 aliphatic rings. The Hall–Kier alpha value is -1.78. The van der Waals surface area contributed by atoms with Crippen molar-refractivity contribution in [1.82, 2.24) is 0 Å². The second kappa shape index (κ2) is 5.95. The summed E-state index contributed by atoms with van der Waals surface area (Å²) in [5.74, 6) is 0.534. The molecule has 0 radical (unpaired) electrons. The Morgan fingerprint density at radius 1 is 1.44 bits per heavy atom. The van der Waals surface area contributed by atoms with Gasteiger partial charge < -0.3 is 10.1 Å². The average molecular weight is 224 g/mol. The van der Waals surface area contributed by atoms with Crippen LogP contribution < -0.4 is 10.1 Å². The van der Waals surface area contributed by atoms with Gasteiger partial charge in [0.2, 0.25) is 0 Å². The minimum atomic E-state index is -0.423. The van der Waals surface area contributed by atoms with Crippen molar-refractivity contribution in [2.75, 3.05) is 19.0 Å². The lowest BCUT2D eigenvalue weighted by Crippen LogP contribution is -1.99. The molecule has 1 rings (SSSR count). The zero-order valence-corrected chi connectivity index (χ0v) is 9.53. The molecule has 0 heterocycles. The summed E-state index contributed by atoms with van der Waals surface area (Å²) < 4.78 is 5.44. The minimum Gasteiger partial charge on any atom is -0.493 e. The van der Waals surface area contributed by atoms with Gasteiger partial charge in [0, 0.05) is 24.9 Å². The minimum absolute atomic E-state index is 0.0401. The molecule has 5 heteroatoms. The van der Waals surface area contributed by atoms with E-state index in [1.165, 1.54) is 12.1 Å². The van der Waals surface area contributed by atoms with Crippen LogP contribution in [-0.4, -0.2) is 18.6 Å². The van der Waals surface area contributed by atoms with Crippen LogP contribution in [0.2, 0.25) is 0 Å². The molecule has 0 atom stereocenters. The highest BCUT2D eigenvalue weighted by atomic mass is 16.6. The maximum absolute atomic E-state index is 10.7. The summed E-state index contributed by atoms with van der Waals surface area (Å²) in [7, 11) is 1.72. The Kier molecular flexibility index (Phi) is 4.57. The van der Waals surface area contributed by atoms with Crippen LogP contribution in [0.3, 0.4) is 0 Å². The summed E-state index contributed by atoms with van der Waals surface area (Å²) in [6.45, 7) is 2.65. The van der Waals surface area contributed by atoms with Crippen molar-refractivity contribution in [2.45, 2.75) is 19.8 Å². The molecule has 0 aliphatic heterocycles. The molecule has 0 aliphatic carbocycles. The number of ether oxygens (including phenoxy) is 1. The highest BCUT2D eigenvalue weighted by molar-refractivity contribution is 5.55. The Balaban J connectivity index is 2.82. The topological polar surface area (TPSA) is 64.4 Å². The van der Waals surface area contributed by atoms with Crippen LogP contribution in [0.5, 0.6) is 5.75 Å². The predicted molar refractivity (Wildman–Crippen MR) is 63.0 cm³/mol. The number of nitrogens with zero attached hydrogens (tertiary/aromatic N) is 1. The van der Waals surface area contributed by atoms with E-state index < -0.39 is 4.92 Å². The van der Waals surface area contributed by atoms with E-state index in [2.05, 4.69) is 12.2 Å². The summed E-state index contributed by atoms with van der Waals surface area (Å²) in [6, 6.07) is 4.67. The summed E-state index contributed by atoms with van der Waals surface area (Å²) in [5, 5.41) is 13.5. The number of nitro groups is 1. The third kappa shape index (κ3) is 3.42. The Morgan fingerprint density at radius 3 is 2.75 bits per heavy atom. The van der Waals surface area contributed by atoms with Gasteiger partial charge >= 0.3 is 0 Å². The van der Waals surface area contributed by atoms with Crippen LogP contribution >= 0.6 is 0 Å². The highest BCUT2D eigenvalue weighted by Crippen LogP contribution is 2.25. The molecule has 5 nitrogen and oxygen atoms in total. The van der Waals surface area contributed by atoms with E-state index in [1.807, 2.05) is 0 Å². The number of nitrogens with one attached hydrogen (secondary N) is 1. The fraction of sp³-hybridized carbons (Fsp3) is 0.455. The first-order valence-corrected chi connectivity index (χ1v) is 5.27. The molecule has 1 N–H and O–H groups in total. The quantitative estimate of drug-likeness (QED) is 0.458. The molecule has 0 bridgehead atoms. The first-order chi connectivity index (χ1) is 7.67. The summed E-state index contributed by atoms with van der Waals surface area (Å²) >= 11 is 0. The first kappa shape index (κ1) is 12.3. The molecule has 0 saturated heterocycles. The molecule has 88 valence electrons. The van der Waals surface area contributed by atoms with Gasteiger partial charge in [-0.15, -0.1) is 0 Å². The summed E-state index contributed by atoms with van der Waals surface area (Å²) in [4.78, 5) is 10.3. The van der Waals surface area contributed by atoms with Gasteiger partial charge in [-0.25, -0.2) is 0 Å². The second-order valence-corrected chi connectivity index (χ2v) is 3.42. The van der Waals surface area contributed by atoms with Gasteiger partial charge in [0.25, 0.3) is 5.69 Å². The number of non-ortho nitro benzene ring substituents is 1. The molecule has 0 unspecified atom stereocenters. The molecular weight excluding hydrogens is 208 g/mol. The van der Waals surface area contributed by atoms with Crippen LogP contribution in [0.15, 0.2) is 18.2 Å². The molecule has 0 amide bonds. The standard InChI is InChI=1S/C11H16N2O3/c1-3-4-5-16-11-7-9(12-2)6-10(8-11)13(14)15/h6-8,12H,3-5H2,1-2H3. The van der Waals surface area contributed by atoms with Gasteiger partial charge in [-0.3, -0.25) is 10.1 Å². The first-order valence-electron chi connectivity index (χ1n) is 5.27. The van der Waals surface area contributed by atoms with Crippen LogP contribution in [0.25, 0.3) is 0 Å². The van der Waals surface area contributed by atoms with Crippen molar-refractivity contribution < 1.29 is 9.66 Å². The van der Waals surface area contributed by atoms with Crippen molar-refractivity contribution in [1.29, 1.82) is 0 Å². The molecule has 1 aromatic carbocycles. The average Bonchev–Trinajstić information content (AvgIpc) is 2.29. The fourth-order valence-corrected chi connectivity index (χ4v) is 1.25. The van der Waals surface area contributed by atoms with Crippen LogP contribution in [0.4, 0.5) is 11.4 Å². The maximum Gasteiger partial charge on any atom is 0.275 e. The van der Waals surface area contributed by atoms with Crippen LogP contribution in [0, 0.1) is 10.1 Å². The van der Waals surface area contributed by atoms with E-state index in [9.17, 15) is 10.1 Å². The fourth-order valence-electron chi connectivity index (χ4n) is 1.25. The lowest BCUT2D eigenvalue weighted by molar-refractivity contribution is -0.384. The van der Waals surface area contributed by atoms with Crippen molar-refractivity contribution in [2.24, 2.45) is 0 Å². The number of rotatable bonds is 6. The van der Waals surface area contributed by atoms with Crippen molar-refractivity contribution >= 4 is 11.4 Å². The number of hydrogen-bond acceptors (Lipinski definition) is 4. The monoisotopic (exact) mass is 224 g/mol. The number of nitro benzene ring substituents is 1. The van der Waals surface area contributed by atoms with E-state index in [0.29, 0.717) is 18.0 Å². The van der Waals surface area contributed by atoms with Gasteiger partial charge in [0.1, 0.15) is 5.75 Å². The van der Waals surface area contributed by atoms with Crippen molar-refractivity contribution in [3.8, 4) is 5.75 Å². The van der Waals surface area contributed by atoms with E-state index in [0.717, 1.165) is 12.8 Å². The highest BCUT2D eigenvalue weighted by Gasteiger charge is 2.09. The molecular formula is C11H16N2O3. The summed E-state index contributed by atoms with van der Waals surface area (Å²) in [5.41, 5.74) is 0.721. The largest absolute Gasteiger partial charge is 0.493 e. The third-order valence-electron chi connectivity index (χ3n) is 2.16. The molecule has 1 aromatic rings. The molecule has 0 saturated carbocycles. The van der Waals surface area contributed by atoms with Crippen molar-refractivity contribution in [3.63, 3.8) is 0 Å². The Bertz CT molecular complexity index is 366. The van der Waals surface area contributed by atoms with Gasteiger partial charge in [-0.05, 0) is 6.42 Å². The van der Waals surface area contributed by atoms with Gasteiger partial charge in [-0.1, -0.05) is 13.3 Å². The Labute approximate surface area is 94.6 Å². The normalized spacial score (nSPS) is 9.88. The number of hydrogen-bond donors (Lipinski definition) is 1. The maximum atomic E-state index is 10.7. The van der Waals surface area contributed by atoms with E-state index in [-0.39, 0.29) is 5.69 Å². The van der Waals surface area contributed by atoms with Gasteiger partial charge in [0.15, 0.2) is 0 Å². The van der Waals surface area contributed by atoms with Crippen molar-refractivity contribution in [3.05, 3.63) is 28.3 Å². The smallest absolute Gasteiger partial charge is 0.275 e. The number of unbranched alkanes of at least 4 members (excludes halogenated alkanes) is 1. The second-order valence-electron chi connectivity index (χ2n) is 3.42. The predicted octanol–water partition coefficient (Wildman–Crippen LogP) is 2.82. The van der Waals surface area contributed by atoms with E-state index in [1.54, 1.807) is 13.1 Å². The molecule has 16 heavy (non-hydrogen) atoms. The zero-order valence-electron chi connectivity index (χ0n) is 9.53. The number of benzene rings is 1. The van der Waals surface area contributed by atoms with Crippen LogP contribution in [-0.2, 0) is 0 Å². The van der Waals surface area contributed by atoms with E-state index >= 15 is 0 Å². The molecule has 0 fully saturated rings. The third-order valence-corrected chi connectivity index (χ3v) is 2.16. The molecule has 0 aromatic heterocycles. The SMILES string of the molecule is CCCCOc1cc(NC)cc([N+](=O)[O-])c1. The van der Waals surface area contributed by atoms with Gasteiger partial charge in [0.05, 0.1) is 17.6 Å². The molecule has 0 spiro atoms. The number of anilines is 1. The lowest BCUT2D eigenvalue weighted by Gasteiger charge is -2.07. The van der Waals surface area contributed by atoms with Crippen LogP contribution in [0.1, 0.15) is 19.8 Å². The van der Waals surface area contributed by atoms with E-state index in [4.69, 9.17) is 4.74 Å². The van der Waals surface area contributed by atoms with Gasteiger partial charge in [-0.2, -0.15) is 0 Å². The lowest BCUT2D eigenvalue weighted by atomic mass is 10.2. The summed E-state index contributed by atoms with van der Waals surface area (Å²) in [6.07, 6.45) is 1.98.